The van der Waals surface area contributed by atoms with Crippen molar-refractivity contribution in [2.45, 2.75) is 44.6 Å². The monoisotopic (exact) mass is 560 g/mol. The van der Waals surface area contributed by atoms with E-state index in [9.17, 15) is 14.9 Å². The van der Waals surface area contributed by atoms with Crippen molar-refractivity contribution in [1.82, 2.24) is 9.66 Å². The molecule has 0 aliphatic heterocycles. The summed E-state index contributed by atoms with van der Waals surface area (Å²) in [6.45, 7) is 0.143. The lowest BCUT2D eigenvalue weighted by atomic mass is 9.88. The summed E-state index contributed by atoms with van der Waals surface area (Å²) in [6, 6.07) is 19.4. The second-order valence-electron chi connectivity index (χ2n) is 9.05. The van der Waals surface area contributed by atoms with Crippen molar-refractivity contribution in [2.75, 3.05) is 0 Å². The number of benzene rings is 3. The average Bonchev–Trinajstić information content (AvgIpc) is 2.92. The van der Waals surface area contributed by atoms with Crippen molar-refractivity contribution in [3.8, 4) is 5.75 Å². The van der Waals surface area contributed by atoms with Crippen molar-refractivity contribution in [1.29, 1.82) is 0 Å². The van der Waals surface area contributed by atoms with Crippen LogP contribution in [0.4, 0.5) is 5.69 Å². The van der Waals surface area contributed by atoms with Crippen LogP contribution in [0.5, 0.6) is 5.75 Å². The van der Waals surface area contributed by atoms with Gasteiger partial charge in [-0.3, -0.25) is 14.9 Å². The van der Waals surface area contributed by atoms with E-state index >= 15 is 0 Å². The molecule has 4 aromatic rings. The summed E-state index contributed by atoms with van der Waals surface area (Å²) in [5.74, 6) is 0.851. The number of halogens is 1. The number of nitro groups is 1. The first kappa shape index (κ1) is 24.8. The van der Waals surface area contributed by atoms with E-state index in [0.717, 1.165) is 35.7 Å². The zero-order chi connectivity index (χ0) is 25.8. The van der Waals surface area contributed by atoms with Gasteiger partial charge in [-0.15, -0.1) is 0 Å². The molecule has 8 nitrogen and oxygen atoms in total. The van der Waals surface area contributed by atoms with Gasteiger partial charge in [-0.2, -0.15) is 9.78 Å². The second kappa shape index (κ2) is 11.0. The summed E-state index contributed by atoms with van der Waals surface area (Å²) in [7, 11) is 0. The Morgan fingerprint density at radius 3 is 2.57 bits per heavy atom. The Balaban J connectivity index is 1.56. The molecule has 37 heavy (non-hydrogen) atoms. The number of nitrogens with zero attached hydrogens (tertiary/aromatic N) is 4. The van der Waals surface area contributed by atoms with Crippen LogP contribution in [0.2, 0.25) is 0 Å². The Kier molecular flexibility index (Phi) is 7.41. The van der Waals surface area contributed by atoms with Gasteiger partial charge in [0.2, 0.25) is 5.75 Å². The van der Waals surface area contributed by atoms with Crippen LogP contribution in [0.15, 0.2) is 81.1 Å². The molecule has 1 aromatic heterocycles. The van der Waals surface area contributed by atoms with Gasteiger partial charge < -0.3 is 4.74 Å². The molecule has 0 radical (unpaired) electrons. The molecule has 9 heteroatoms. The summed E-state index contributed by atoms with van der Waals surface area (Å²) in [4.78, 5) is 29.6. The van der Waals surface area contributed by atoms with E-state index in [0.29, 0.717) is 22.3 Å². The Morgan fingerprint density at radius 1 is 1.05 bits per heavy atom. The van der Waals surface area contributed by atoms with Gasteiger partial charge in [0.25, 0.3) is 5.56 Å². The van der Waals surface area contributed by atoms with Crippen LogP contribution in [-0.2, 0) is 6.61 Å². The molecule has 1 aliphatic carbocycles. The van der Waals surface area contributed by atoms with E-state index in [1.165, 1.54) is 23.4 Å². The Morgan fingerprint density at radius 2 is 1.81 bits per heavy atom. The topological polar surface area (TPSA) is 99.6 Å². The van der Waals surface area contributed by atoms with Crippen molar-refractivity contribution in [2.24, 2.45) is 5.10 Å². The minimum Gasteiger partial charge on any atom is -0.481 e. The Hall–Kier alpha value is -3.85. The highest BCUT2D eigenvalue weighted by Crippen LogP contribution is 2.33. The van der Waals surface area contributed by atoms with Gasteiger partial charge >= 0.3 is 5.69 Å². The van der Waals surface area contributed by atoms with Gasteiger partial charge in [-0.05, 0) is 48.7 Å². The van der Waals surface area contributed by atoms with Gasteiger partial charge in [-0.1, -0.05) is 65.5 Å². The number of hydrogen-bond acceptors (Lipinski definition) is 6. The first-order chi connectivity index (χ1) is 18.0. The highest BCUT2D eigenvalue weighted by Gasteiger charge is 2.23. The molecular formula is C28H25BrN4O4. The molecule has 0 spiro atoms. The number of rotatable bonds is 7. The zero-order valence-electron chi connectivity index (χ0n) is 20.0. The third-order valence-corrected chi connectivity index (χ3v) is 7.11. The van der Waals surface area contributed by atoms with Gasteiger partial charge in [-0.25, -0.2) is 4.98 Å². The maximum absolute atomic E-state index is 13.5. The SMILES string of the molecule is O=c1c2ccccc2nc(C2CCCCC2)n1N=Cc1cccc([N+](=O)[O-])c1OCc1ccc(Br)cc1. The zero-order valence-corrected chi connectivity index (χ0v) is 21.6. The van der Waals surface area contributed by atoms with E-state index < -0.39 is 4.92 Å². The standard InChI is InChI=1S/C28H25BrN4O4/c29-22-15-13-19(14-16-22)18-37-26-21(9-6-12-25(26)33(35)36)17-30-32-27(20-7-2-1-3-8-20)31-24-11-5-4-10-23(24)28(32)34/h4-6,9-17,20H,1-3,7-8,18H2. The van der Waals surface area contributed by atoms with Crippen molar-refractivity contribution < 1.29 is 9.66 Å². The number of para-hydroxylation sites is 2. The fourth-order valence-electron chi connectivity index (χ4n) is 4.68. The summed E-state index contributed by atoms with van der Waals surface area (Å²) in [6.07, 6.45) is 6.67. The maximum atomic E-state index is 13.5. The largest absolute Gasteiger partial charge is 0.481 e. The lowest BCUT2D eigenvalue weighted by Crippen LogP contribution is -2.25. The summed E-state index contributed by atoms with van der Waals surface area (Å²) >= 11 is 3.40. The van der Waals surface area contributed by atoms with Crippen LogP contribution >= 0.6 is 15.9 Å². The molecule has 0 N–H and O–H groups in total. The highest BCUT2D eigenvalue weighted by molar-refractivity contribution is 9.10. The fraction of sp³-hybridized carbons (Fsp3) is 0.250. The minimum atomic E-state index is -0.481. The summed E-state index contributed by atoms with van der Waals surface area (Å²) in [5.41, 5.74) is 1.48. The minimum absolute atomic E-state index is 0.0974. The first-order valence-corrected chi connectivity index (χ1v) is 13.0. The maximum Gasteiger partial charge on any atom is 0.311 e. The van der Waals surface area contributed by atoms with E-state index in [1.807, 2.05) is 36.4 Å². The number of ether oxygens (including phenoxy) is 1. The third kappa shape index (κ3) is 5.46. The molecule has 0 atom stereocenters. The van der Waals surface area contributed by atoms with Crippen molar-refractivity contribution >= 4 is 38.7 Å². The van der Waals surface area contributed by atoms with Crippen LogP contribution in [-0.4, -0.2) is 20.8 Å². The Labute approximate surface area is 221 Å². The summed E-state index contributed by atoms with van der Waals surface area (Å²) in [5, 5.41) is 16.8. The fourth-order valence-corrected chi connectivity index (χ4v) is 4.94. The molecule has 3 aromatic carbocycles. The Bertz CT molecular complexity index is 1530. The van der Waals surface area contributed by atoms with E-state index in [-0.39, 0.29) is 29.5 Å². The number of hydrogen-bond donors (Lipinski definition) is 0. The average molecular weight is 561 g/mol. The number of nitro benzene ring substituents is 1. The number of aromatic nitrogens is 2. The van der Waals surface area contributed by atoms with E-state index in [4.69, 9.17) is 9.72 Å². The number of fused-ring (bicyclic) bond motifs is 1. The van der Waals surface area contributed by atoms with Crippen molar-refractivity contribution in [3.63, 3.8) is 0 Å². The predicted molar refractivity (Wildman–Crippen MR) is 146 cm³/mol. The predicted octanol–water partition coefficient (Wildman–Crippen LogP) is 6.58. The quantitative estimate of drug-likeness (QED) is 0.144. The molecule has 0 amide bonds. The van der Waals surface area contributed by atoms with E-state index in [1.54, 1.807) is 24.3 Å². The van der Waals surface area contributed by atoms with Crippen LogP contribution in [0.25, 0.3) is 10.9 Å². The highest BCUT2D eigenvalue weighted by atomic mass is 79.9. The molecule has 1 fully saturated rings. The lowest BCUT2D eigenvalue weighted by molar-refractivity contribution is -0.385. The summed E-state index contributed by atoms with van der Waals surface area (Å²) < 4.78 is 8.23. The van der Waals surface area contributed by atoms with Crippen LogP contribution in [0, 0.1) is 10.1 Å². The van der Waals surface area contributed by atoms with Crippen LogP contribution in [0.1, 0.15) is 55.0 Å². The molecule has 0 unspecified atom stereocenters. The molecule has 1 aliphatic rings. The molecule has 188 valence electrons. The lowest BCUT2D eigenvalue weighted by Gasteiger charge is -2.22. The van der Waals surface area contributed by atoms with Gasteiger partial charge in [0.05, 0.1) is 22.0 Å². The van der Waals surface area contributed by atoms with Crippen LogP contribution < -0.4 is 10.3 Å². The molecular weight excluding hydrogens is 536 g/mol. The molecule has 5 rings (SSSR count). The smallest absolute Gasteiger partial charge is 0.311 e. The van der Waals surface area contributed by atoms with Gasteiger partial charge in [0.1, 0.15) is 12.4 Å². The second-order valence-corrected chi connectivity index (χ2v) is 9.97. The molecule has 0 saturated heterocycles. The molecule has 1 saturated carbocycles. The first-order valence-electron chi connectivity index (χ1n) is 12.2. The van der Waals surface area contributed by atoms with Gasteiger partial charge in [0.15, 0.2) is 0 Å². The third-order valence-electron chi connectivity index (χ3n) is 6.58. The molecule has 1 heterocycles. The van der Waals surface area contributed by atoms with E-state index in [2.05, 4.69) is 21.0 Å². The van der Waals surface area contributed by atoms with Crippen LogP contribution in [0.3, 0.4) is 0 Å². The molecule has 0 bridgehead atoms. The van der Waals surface area contributed by atoms with Gasteiger partial charge in [0, 0.05) is 22.0 Å². The normalized spacial score (nSPS) is 14.3. The van der Waals surface area contributed by atoms with Crippen molar-refractivity contribution in [3.05, 3.63) is 109 Å².